The number of nitrogens with zero attached hydrogens (tertiary/aromatic N) is 6. The molecule has 2 saturated heterocycles. The lowest BCUT2D eigenvalue weighted by Crippen LogP contribution is -2.47. The molecule has 0 aliphatic carbocycles. The number of carbonyl (C=O) groups is 4. The molecule has 5 unspecified atom stereocenters. The first-order chi connectivity index (χ1) is 44.2. The summed E-state index contributed by atoms with van der Waals surface area (Å²) in [5, 5.41) is 26.5. The smallest absolute Gasteiger partial charge is 0.256 e. The average Bonchev–Trinajstić information content (AvgIpc) is 1.53. The van der Waals surface area contributed by atoms with Gasteiger partial charge < -0.3 is 41.0 Å². The van der Waals surface area contributed by atoms with Crippen LogP contribution in [0.3, 0.4) is 0 Å². The van der Waals surface area contributed by atoms with Crippen molar-refractivity contribution in [2.75, 3.05) is 85.8 Å². The highest BCUT2D eigenvalue weighted by atomic mass is 35.5. The van der Waals surface area contributed by atoms with E-state index >= 15 is 8.78 Å². The first-order valence-electron chi connectivity index (χ1n) is 31.7. The van der Waals surface area contributed by atoms with Crippen molar-refractivity contribution in [1.82, 2.24) is 15.5 Å². The summed E-state index contributed by atoms with van der Waals surface area (Å²) < 4.78 is 43.9. The Labute approximate surface area is 548 Å². The van der Waals surface area contributed by atoms with Crippen LogP contribution in [-0.2, 0) is 19.8 Å². The molecule has 0 radical (unpaired) electrons. The molecule has 5 atom stereocenters. The lowest BCUT2D eigenvalue weighted by molar-refractivity contribution is -0.118. The molecule has 17 nitrogen and oxygen atoms in total. The van der Waals surface area contributed by atoms with Crippen LogP contribution in [0.1, 0.15) is 126 Å². The van der Waals surface area contributed by atoms with E-state index < -0.39 is 46.4 Å². The number of ether oxygens (including phenoxy) is 2. The number of rotatable bonds is 26. The SMILES string of the molecule is C=CC(=O)Nc1cccc(N2C(=O)C=C(C)C3CN=C(Nc4ccc(N5CCN(CCCCCCCCCCCCNC(=O)c6ccc(NC(=O)C7NC(CC(C)(C)C)C(C#N)(c8ccc(Cl)cc8F)C7c7cccc(Cl)c7F)c(OC)c6)CC5)cc4OC)N=C32)c1. The second kappa shape index (κ2) is 31.0. The lowest BCUT2D eigenvalue weighted by Gasteiger charge is -2.37. The van der Waals surface area contributed by atoms with Crippen molar-refractivity contribution >= 4 is 87.1 Å². The van der Waals surface area contributed by atoms with Gasteiger partial charge >= 0.3 is 0 Å². The Morgan fingerprint density at radius 1 is 0.826 bits per heavy atom. The maximum Gasteiger partial charge on any atom is 0.256 e. The molecule has 0 aromatic heterocycles. The highest BCUT2D eigenvalue weighted by Gasteiger charge is 2.61. The van der Waals surface area contributed by atoms with Crippen LogP contribution in [0.2, 0.25) is 10.0 Å². The maximum atomic E-state index is 16.2. The third-order valence-electron chi connectivity index (χ3n) is 17.7. The number of carbonyl (C=O) groups excluding carboxylic acids is 4. The number of nitrogens with one attached hydrogen (secondary N) is 5. The number of aliphatic imine (C=N–C) groups is 2. The summed E-state index contributed by atoms with van der Waals surface area (Å²) in [5.74, 6) is -2.72. The van der Waals surface area contributed by atoms with E-state index in [0.29, 0.717) is 59.7 Å². The van der Waals surface area contributed by atoms with E-state index in [-0.39, 0.29) is 56.2 Å². The molecule has 92 heavy (non-hydrogen) atoms. The van der Waals surface area contributed by atoms with Crippen LogP contribution in [0, 0.1) is 34.3 Å². The Balaban J connectivity index is 0.665. The zero-order valence-electron chi connectivity index (χ0n) is 53.3. The molecule has 0 spiro atoms. The summed E-state index contributed by atoms with van der Waals surface area (Å²) in [4.78, 5) is 69.6. The van der Waals surface area contributed by atoms with E-state index in [1.807, 2.05) is 45.9 Å². The molecule has 4 heterocycles. The highest BCUT2D eigenvalue weighted by Crippen LogP contribution is 2.53. The van der Waals surface area contributed by atoms with Crippen LogP contribution in [0.25, 0.3) is 0 Å². The summed E-state index contributed by atoms with van der Waals surface area (Å²) in [7, 11) is 3.07. The standard InChI is InChI=1S/C71H83Cl2F2N11O6/c1-8-61(87)79-48-21-19-22-50(40-48)86-62(88)37-45(2)52-43-78-69(83-66(52)86)81-57-30-27-49(41-59(57)92-7)85-35-33-84(34-36-85)32-18-16-14-12-10-9-11-13-15-17-31-77-67(89)46-25-29-56(58(38-46)91-6)80-68(90)65-63(51-23-20-24-54(73)64(51)75)71(44-76,60(82-65)42-70(3,4)5)53-28-26-47(72)39-55(53)74/h8,19-30,37-41,52,60,63,65,82H,1,9-18,31-36,42-43H2,2-7H3,(H,77,89)(H,78,81)(H,79,87)(H,80,90). The monoisotopic (exact) mass is 1290 g/mol. The Kier molecular flexibility index (Phi) is 23.0. The number of benzene rings is 5. The maximum absolute atomic E-state index is 16.2. The average molecular weight is 1300 g/mol. The predicted octanol–water partition coefficient (Wildman–Crippen LogP) is 13.6. The number of halogens is 4. The number of methoxy groups -OCH3 is 2. The fourth-order valence-electron chi connectivity index (χ4n) is 13.0. The van der Waals surface area contributed by atoms with Gasteiger partial charge in [0.05, 0.1) is 60.9 Å². The van der Waals surface area contributed by atoms with Crippen molar-refractivity contribution in [2.24, 2.45) is 21.3 Å². The van der Waals surface area contributed by atoms with Crippen LogP contribution in [-0.4, -0.2) is 112 Å². The van der Waals surface area contributed by atoms with Crippen LogP contribution >= 0.6 is 23.2 Å². The Morgan fingerprint density at radius 2 is 1.51 bits per heavy atom. The number of piperazine rings is 1. The van der Waals surface area contributed by atoms with Crippen molar-refractivity contribution in [3.63, 3.8) is 0 Å². The van der Waals surface area contributed by atoms with Gasteiger partial charge in [-0.15, -0.1) is 0 Å². The van der Waals surface area contributed by atoms with Gasteiger partial charge in [-0.25, -0.2) is 13.8 Å². The van der Waals surface area contributed by atoms with Gasteiger partial charge in [0, 0.05) is 84.4 Å². The van der Waals surface area contributed by atoms with E-state index in [9.17, 15) is 24.4 Å². The fraction of sp³-hybridized carbons (Fsp3) is 0.423. The van der Waals surface area contributed by atoms with Crippen molar-refractivity contribution in [3.05, 3.63) is 160 Å². The Bertz CT molecular complexity index is 3670. The predicted molar refractivity (Wildman–Crippen MR) is 363 cm³/mol. The molecule has 5 aromatic rings. The van der Waals surface area contributed by atoms with Crippen molar-refractivity contribution < 1.29 is 37.4 Å². The molecule has 21 heteroatoms. The van der Waals surface area contributed by atoms with Gasteiger partial charge in [0.25, 0.3) is 11.8 Å². The summed E-state index contributed by atoms with van der Waals surface area (Å²) in [6.07, 6.45) is 14.4. The molecule has 2 fully saturated rings. The molecule has 5 N–H and O–H groups in total. The Hall–Kier alpha value is -8.15. The number of amidine groups is 1. The molecule has 4 aliphatic heterocycles. The van der Waals surface area contributed by atoms with Crippen molar-refractivity contribution in [2.45, 2.75) is 122 Å². The van der Waals surface area contributed by atoms with Gasteiger partial charge in [-0.3, -0.25) is 29.0 Å². The summed E-state index contributed by atoms with van der Waals surface area (Å²) in [6.45, 7) is 17.1. The highest BCUT2D eigenvalue weighted by molar-refractivity contribution is 6.31. The minimum atomic E-state index is -1.80. The number of nitriles is 1. The van der Waals surface area contributed by atoms with Gasteiger partial charge in [0.2, 0.25) is 17.8 Å². The van der Waals surface area contributed by atoms with Gasteiger partial charge in [0.1, 0.15) is 34.4 Å². The molecule has 0 bridgehead atoms. The summed E-state index contributed by atoms with van der Waals surface area (Å²) in [6, 6.07) is 26.5. The zero-order chi connectivity index (χ0) is 65.7. The molecule has 0 saturated carbocycles. The van der Waals surface area contributed by atoms with Crippen LogP contribution < -0.4 is 45.9 Å². The van der Waals surface area contributed by atoms with E-state index in [1.54, 1.807) is 54.5 Å². The van der Waals surface area contributed by atoms with E-state index in [2.05, 4.69) is 55.1 Å². The number of amides is 4. The normalized spacial score (nSPS) is 19.8. The number of fused-ring (bicyclic) bond motifs is 1. The van der Waals surface area contributed by atoms with Crippen LogP contribution in [0.5, 0.6) is 11.5 Å². The van der Waals surface area contributed by atoms with Gasteiger partial charge in [0.15, 0.2) is 0 Å². The van der Waals surface area contributed by atoms with E-state index in [0.717, 1.165) is 75.7 Å². The van der Waals surface area contributed by atoms with E-state index in [4.69, 9.17) is 42.7 Å². The topological polar surface area (TPSA) is 205 Å². The molecular weight excluding hydrogens is 1210 g/mol. The molecule has 486 valence electrons. The fourth-order valence-corrected chi connectivity index (χ4v) is 13.3. The largest absolute Gasteiger partial charge is 0.495 e. The quantitative estimate of drug-likeness (QED) is 0.0260. The van der Waals surface area contributed by atoms with E-state index in [1.165, 1.54) is 82.0 Å². The van der Waals surface area contributed by atoms with Crippen molar-refractivity contribution in [1.29, 1.82) is 5.26 Å². The molecular formula is C71H83Cl2F2N11O6. The second-order valence-electron chi connectivity index (χ2n) is 25.2. The molecule has 5 aromatic carbocycles. The Morgan fingerprint density at radius 3 is 2.20 bits per heavy atom. The van der Waals surface area contributed by atoms with Crippen LogP contribution in [0.15, 0.2) is 131 Å². The van der Waals surface area contributed by atoms with Crippen molar-refractivity contribution in [3.8, 4) is 17.6 Å². The molecule has 4 amide bonds. The van der Waals surface area contributed by atoms with Gasteiger partial charge in [-0.1, -0.05) is 132 Å². The summed E-state index contributed by atoms with van der Waals surface area (Å²) in [5.41, 5.74) is 2.10. The van der Waals surface area contributed by atoms with Gasteiger partial charge in [-0.2, -0.15) is 10.3 Å². The van der Waals surface area contributed by atoms with Crippen LogP contribution in [0.4, 0.5) is 37.2 Å². The lowest BCUT2D eigenvalue weighted by atomic mass is 9.62. The summed E-state index contributed by atoms with van der Waals surface area (Å²) >= 11 is 12.5. The first kappa shape index (κ1) is 68.2. The van der Waals surface area contributed by atoms with Gasteiger partial charge in [-0.05, 0) is 117 Å². The minimum absolute atomic E-state index is 0.0253. The number of hydrogen-bond donors (Lipinski definition) is 5. The second-order valence-corrected chi connectivity index (χ2v) is 26.1. The number of hydrogen-bond acceptors (Lipinski definition) is 13. The minimum Gasteiger partial charge on any atom is -0.495 e. The molecule has 9 rings (SSSR count). The first-order valence-corrected chi connectivity index (χ1v) is 32.5. The third-order valence-corrected chi connectivity index (χ3v) is 18.2. The molecule has 4 aliphatic rings. The number of unbranched alkanes of at least 4 members (excludes halogenated alkanes) is 9. The third kappa shape index (κ3) is 16.2. The number of anilines is 5. The number of guanidine groups is 1. The zero-order valence-corrected chi connectivity index (χ0v) is 54.8.